The van der Waals surface area contributed by atoms with E-state index >= 15 is 0 Å². The zero-order valence-electron chi connectivity index (χ0n) is 15.6. The van der Waals surface area contributed by atoms with Crippen molar-refractivity contribution in [3.05, 3.63) is 61.8 Å². The Morgan fingerprint density at radius 3 is 2.56 bits per heavy atom. The fraction of sp³-hybridized carbons (Fsp3) is 0.263. The Morgan fingerprint density at radius 2 is 1.85 bits per heavy atom. The minimum atomic E-state index is -0.681. The SMILES string of the molecule is Cc1cc(SCC(=O)c2c(N)n(C)c(=O)n(C)c2=O)nc2c(C)cccc12. The number of aryl methyl sites for hydroxylation is 2. The molecule has 0 aliphatic heterocycles. The number of thioether (sulfide) groups is 1. The predicted molar refractivity (Wildman–Crippen MR) is 108 cm³/mol. The van der Waals surface area contributed by atoms with Crippen LogP contribution in [0.25, 0.3) is 10.9 Å². The van der Waals surface area contributed by atoms with Crippen LogP contribution in [0.5, 0.6) is 0 Å². The molecule has 140 valence electrons. The first kappa shape index (κ1) is 18.9. The van der Waals surface area contributed by atoms with Crippen LogP contribution in [0.3, 0.4) is 0 Å². The number of carbonyl (C=O) groups excluding carboxylic acids is 1. The topological polar surface area (TPSA) is 100.0 Å². The zero-order valence-corrected chi connectivity index (χ0v) is 16.4. The normalized spacial score (nSPS) is 11.1. The van der Waals surface area contributed by atoms with Gasteiger partial charge in [0.05, 0.1) is 16.3 Å². The summed E-state index contributed by atoms with van der Waals surface area (Å²) in [5.41, 5.74) is 7.45. The molecule has 0 amide bonds. The minimum Gasteiger partial charge on any atom is -0.384 e. The Bertz CT molecular complexity index is 1190. The van der Waals surface area contributed by atoms with Crippen molar-refractivity contribution >= 4 is 34.3 Å². The van der Waals surface area contributed by atoms with E-state index < -0.39 is 17.0 Å². The van der Waals surface area contributed by atoms with Crippen molar-refractivity contribution in [2.45, 2.75) is 18.9 Å². The summed E-state index contributed by atoms with van der Waals surface area (Å²) in [6.45, 7) is 3.99. The monoisotopic (exact) mass is 384 g/mol. The lowest BCUT2D eigenvalue weighted by Gasteiger charge is -2.11. The highest BCUT2D eigenvalue weighted by molar-refractivity contribution is 7.99. The number of rotatable bonds is 4. The van der Waals surface area contributed by atoms with E-state index in [2.05, 4.69) is 4.98 Å². The van der Waals surface area contributed by atoms with E-state index in [1.165, 1.54) is 25.9 Å². The molecule has 0 saturated heterocycles. The molecule has 2 aromatic heterocycles. The van der Waals surface area contributed by atoms with Crippen molar-refractivity contribution in [3.63, 3.8) is 0 Å². The van der Waals surface area contributed by atoms with Gasteiger partial charge < -0.3 is 5.73 Å². The molecule has 3 aromatic rings. The largest absolute Gasteiger partial charge is 0.384 e. The summed E-state index contributed by atoms with van der Waals surface area (Å²) in [7, 11) is 2.75. The maximum atomic E-state index is 12.6. The average molecular weight is 384 g/mol. The molecule has 0 radical (unpaired) electrons. The number of carbonyl (C=O) groups is 1. The first-order chi connectivity index (χ1) is 12.7. The Balaban J connectivity index is 1.94. The van der Waals surface area contributed by atoms with Crippen molar-refractivity contribution < 1.29 is 4.79 Å². The van der Waals surface area contributed by atoms with Crippen LogP contribution >= 0.6 is 11.8 Å². The molecule has 0 aliphatic rings. The fourth-order valence-corrected chi connectivity index (χ4v) is 3.78. The molecule has 0 bridgehead atoms. The van der Waals surface area contributed by atoms with E-state index in [4.69, 9.17) is 5.73 Å². The third-order valence-corrected chi connectivity index (χ3v) is 5.48. The van der Waals surface area contributed by atoms with Gasteiger partial charge in [0.15, 0.2) is 5.78 Å². The van der Waals surface area contributed by atoms with E-state index in [0.717, 1.165) is 31.2 Å². The second-order valence-corrected chi connectivity index (χ2v) is 7.42. The van der Waals surface area contributed by atoms with Crippen molar-refractivity contribution in [2.24, 2.45) is 14.1 Å². The number of para-hydroxylation sites is 1. The Morgan fingerprint density at radius 1 is 1.15 bits per heavy atom. The van der Waals surface area contributed by atoms with Crippen LogP contribution in [-0.4, -0.2) is 25.7 Å². The van der Waals surface area contributed by atoms with Crippen LogP contribution < -0.4 is 17.0 Å². The number of anilines is 1. The van der Waals surface area contributed by atoms with Crippen LogP contribution in [0, 0.1) is 13.8 Å². The summed E-state index contributed by atoms with van der Waals surface area (Å²) in [6, 6.07) is 7.91. The second kappa shape index (κ2) is 7.03. The molecule has 0 aliphatic carbocycles. The van der Waals surface area contributed by atoms with Gasteiger partial charge in [-0.2, -0.15) is 0 Å². The van der Waals surface area contributed by atoms with Gasteiger partial charge in [-0.05, 0) is 31.0 Å². The van der Waals surface area contributed by atoms with Crippen molar-refractivity contribution in [1.82, 2.24) is 14.1 Å². The molecule has 0 spiro atoms. The van der Waals surface area contributed by atoms with E-state index in [-0.39, 0.29) is 17.1 Å². The third-order valence-electron chi connectivity index (χ3n) is 4.56. The number of pyridine rings is 1. The first-order valence-electron chi connectivity index (χ1n) is 8.30. The van der Waals surface area contributed by atoms with Gasteiger partial charge in [0, 0.05) is 19.5 Å². The Kier molecular flexibility index (Phi) is 4.93. The Labute approximate surface area is 159 Å². The molecule has 2 N–H and O–H groups in total. The number of nitrogens with zero attached hydrogens (tertiary/aromatic N) is 3. The number of Topliss-reactive ketones (excluding diaryl/α,β-unsaturated/α-hetero) is 1. The average Bonchev–Trinajstić information content (AvgIpc) is 2.64. The molecule has 0 fully saturated rings. The fourth-order valence-electron chi connectivity index (χ4n) is 2.94. The number of hydrogen-bond acceptors (Lipinski definition) is 6. The zero-order chi connectivity index (χ0) is 19.9. The summed E-state index contributed by atoms with van der Waals surface area (Å²) in [6.07, 6.45) is 0. The smallest absolute Gasteiger partial charge is 0.332 e. The summed E-state index contributed by atoms with van der Waals surface area (Å²) in [5.74, 6) is -0.549. The van der Waals surface area contributed by atoms with Crippen LogP contribution in [-0.2, 0) is 14.1 Å². The molecule has 0 atom stereocenters. The first-order valence-corrected chi connectivity index (χ1v) is 9.29. The Hall–Kier alpha value is -2.87. The lowest BCUT2D eigenvalue weighted by molar-refractivity contribution is 0.102. The second-order valence-electron chi connectivity index (χ2n) is 6.43. The van der Waals surface area contributed by atoms with Crippen LogP contribution in [0.1, 0.15) is 21.5 Å². The quantitative estimate of drug-likeness (QED) is 0.544. The maximum absolute atomic E-state index is 12.6. The maximum Gasteiger partial charge on any atom is 0.332 e. The van der Waals surface area contributed by atoms with Gasteiger partial charge in [0.1, 0.15) is 11.4 Å². The van der Waals surface area contributed by atoms with Gasteiger partial charge in [-0.15, -0.1) is 0 Å². The number of fused-ring (bicyclic) bond motifs is 1. The highest BCUT2D eigenvalue weighted by Gasteiger charge is 2.20. The van der Waals surface area contributed by atoms with Gasteiger partial charge in [-0.3, -0.25) is 18.7 Å². The highest BCUT2D eigenvalue weighted by Crippen LogP contribution is 2.26. The predicted octanol–water partition coefficient (Wildman–Crippen LogP) is 1.81. The molecule has 3 rings (SSSR count). The van der Waals surface area contributed by atoms with E-state index in [1.54, 1.807) is 0 Å². The molecule has 27 heavy (non-hydrogen) atoms. The lowest BCUT2D eigenvalue weighted by Crippen LogP contribution is -2.41. The summed E-state index contributed by atoms with van der Waals surface area (Å²) >= 11 is 1.24. The van der Waals surface area contributed by atoms with Crippen LogP contribution in [0.4, 0.5) is 5.82 Å². The lowest BCUT2D eigenvalue weighted by atomic mass is 10.1. The van der Waals surface area contributed by atoms with Gasteiger partial charge in [0.2, 0.25) is 0 Å². The molecule has 0 unspecified atom stereocenters. The molecule has 2 heterocycles. The van der Waals surface area contributed by atoms with E-state index in [9.17, 15) is 14.4 Å². The summed E-state index contributed by atoms with van der Waals surface area (Å²) in [4.78, 5) is 41.5. The number of nitrogens with two attached hydrogens (primary N) is 1. The number of aromatic nitrogens is 3. The molecule has 0 saturated carbocycles. The van der Waals surface area contributed by atoms with E-state index in [0.29, 0.717) is 5.03 Å². The molecular formula is C19H20N4O3S. The van der Waals surface area contributed by atoms with Gasteiger partial charge >= 0.3 is 5.69 Å². The third kappa shape index (κ3) is 3.28. The molecule has 8 heteroatoms. The number of nitrogen functional groups attached to an aromatic ring is 1. The molecule has 1 aromatic carbocycles. The summed E-state index contributed by atoms with van der Waals surface area (Å²) < 4.78 is 1.98. The van der Waals surface area contributed by atoms with Gasteiger partial charge in [-0.25, -0.2) is 9.78 Å². The van der Waals surface area contributed by atoms with Gasteiger partial charge in [0.25, 0.3) is 5.56 Å². The van der Waals surface area contributed by atoms with Crippen molar-refractivity contribution in [1.29, 1.82) is 0 Å². The standard InChI is InChI=1S/C19H20N4O3S/c1-10-6-5-7-12-11(2)8-14(21-16(10)12)27-9-13(24)15-17(20)22(3)19(26)23(4)18(15)25/h5-8H,9,20H2,1-4H3. The number of hydrogen-bond donors (Lipinski definition) is 1. The number of benzene rings is 1. The minimum absolute atomic E-state index is 0.00146. The number of ketones is 1. The molecular weight excluding hydrogens is 364 g/mol. The van der Waals surface area contributed by atoms with Gasteiger partial charge in [-0.1, -0.05) is 30.0 Å². The van der Waals surface area contributed by atoms with E-state index in [1.807, 2.05) is 38.1 Å². The molecule has 7 nitrogen and oxygen atoms in total. The van der Waals surface area contributed by atoms with Crippen molar-refractivity contribution in [2.75, 3.05) is 11.5 Å². The summed E-state index contributed by atoms with van der Waals surface area (Å²) in [5, 5.41) is 1.77. The van der Waals surface area contributed by atoms with Crippen LogP contribution in [0.15, 0.2) is 38.9 Å². The highest BCUT2D eigenvalue weighted by atomic mass is 32.2. The van der Waals surface area contributed by atoms with Crippen LogP contribution in [0.2, 0.25) is 0 Å². The van der Waals surface area contributed by atoms with Crippen molar-refractivity contribution in [3.8, 4) is 0 Å².